The first-order chi connectivity index (χ1) is 24.6. The molecular formula is C39H51F2N5O5Si2. The normalized spacial score (nSPS) is 18.1. The fourth-order valence-corrected chi connectivity index (χ4v) is 9.11. The lowest BCUT2D eigenvalue weighted by molar-refractivity contribution is -0.0503. The number of aromatic nitrogens is 4. The zero-order chi connectivity index (χ0) is 38.8. The lowest BCUT2D eigenvalue weighted by Crippen LogP contribution is -2.45. The van der Waals surface area contributed by atoms with Crippen molar-refractivity contribution in [2.24, 2.45) is 0 Å². The summed E-state index contributed by atoms with van der Waals surface area (Å²) in [6.07, 6.45) is 1.28. The van der Waals surface area contributed by atoms with Crippen molar-refractivity contribution in [1.82, 2.24) is 24.8 Å². The second-order valence-electron chi connectivity index (χ2n) is 17.2. The molecule has 0 spiro atoms. The van der Waals surface area contributed by atoms with Gasteiger partial charge in [0.15, 0.2) is 22.5 Å². The smallest absolute Gasteiger partial charge is 0.387 e. The number of benzene rings is 2. The number of amides is 1. The second-order valence-corrected chi connectivity index (χ2v) is 26.8. The van der Waals surface area contributed by atoms with Crippen molar-refractivity contribution >= 4 is 39.4 Å². The molecule has 6 rings (SSSR count). The molecule has 4 aromatic rings. The molecular weight excluding hydrogens is 713 g/mol. The molecule has 0 saturated heterocycles. The number of hydrogen-bond donors (Lipinski definition) is 1. The summed E-state index contributed by atoms with van der Waals surface area (Å²) in [6, 6.07) is 9.94. The van der Waals surface area contributed by atoms with Gasteiger partial charge in [0, 0.05) is 29.5 Å². The number of nitrogens with one attached hydrogen (secondary N) is 1. The molecule has 53 heavy (non-hydrogen) atoms. The van der Waals surface area contributed by atoms with Crippen LogP contribution >= 0.6 is 0 Å². The minimum atomic E-state index is -3.22. The Balaban J connectivity index is 1.54. The highest BCUT2D eigenvalue weighted by molar-refractivity contribution is 6.74. The van der Waals surface area contributed by atoms with Gasteiger partial charge in [-0.3, -0.25) is 9.59 Å². The van der Waals surface area contributed by atoms with Gasteiger partial charge in [-0.2, -0.15) is 8.78 Å². The van der Waals surface area contributed by atoms with Crippen molar-refractivity contribution < 1.29 is 32.0 Å². The van der Waals surface area contributed by atoms with Crippen LogP contribution in [0.1, 0.15) is 105 Å². The van der Waals surface area contributed by atoms with Crippen molar-refractivity contribution in [2.75, 3.05) is 6.61 Å². The maximum Gasteiger partial charge on any atom is 0.387 e. The van der Waals surface area contributed by atoms with Crippen LogP contribution in [0, 0.1) is 0 Å². The number of ketones is 1. The van der Waals surface area contributed by atoms with Gasteiger partial charge in [0.2, 0.25) is 5.78 Å². The van der Waals surface area contributed by atoms with Crippen LogP contribution in [-0.2, 0) is 15.3 Å². The van der Waals surface area contributed by atoms with Crippen LogP contribution in [0.25, 0.3) is 22.3 Å². The van der Waals surface area contributed by atoms with Crippen LogP contribution < -0.4 is 10.1 Å². The molecule has 2 aliphatic heterocycles. The van der Waals surface area contributed by atoms with Crippen LogP contribution in [0.2, 0.25) is 36.3 Å². The predicted molar refractivity (Wildman–Crippen MR) is 206 cm³/mol. The summed E-state index contributed by atoms with van der Waals surface area (Å²) in [7, 11) is -4.54. The number of fused-ring (bicyclic) bond motifs is 9. The molecule has 0 fully saturated rings. The Morgan fingerprint density at radius 3 is 2.36 bits per heavy atom. The first-order valence-corrected chi connectivity index (χ1v) is 24.0. The fourth-order valence-electron chi connectivity index (χ4n) is 6.72. The Bertz CT molecular complexity index is 2070. The van der Waals surface area contributed by atoms with Gasteiger partial charge < -0.3 is 23.5 Å². The van der Waals surface area contributed by atoms with E-state index in [4.69, 9.17) is 23.6 Å². The third kappa shape index (κ3) is 7.22. The molecule has 14 heteroatoms. The maximum atomic E-state index is 14.7. The van der Waals surface area contributed by atoms with Gasteiger partial charge in [0.1, 0.15) is 17.7 Å². The number of ether oxygens (including phenoxy) is 1. The van der Waals surface area contributed by atoms with E-state index in [0.717, 1.165) is 11.0 Å². The number of para-hydroxylation sites is 2. The maximum absolute atomic E-state index is 14.7. The average Bonchev–Trinajstić information content (AvgIpc) is 3.55. The number of alkyl halides is 2. The van der Waals surface area contributed by atoms with Crippen molar-refractivity contribution in [3.05, 3.63) is 70.9 Å². The van der Waals surface area contributed by atoms with Gasteiger partial charge in [-0.25, -0.2) is 15.0 Å². The highest BCUT2D eigenvalue weighted by Crippen LogP contribution is 2.51. The van der Waals surface area contributed by atoms with Crippen molar-refractivity contribution in [1.29, 1.82) is 0 Å². The van der Waals surface area contributed by atoms with Crippen LogP contribution in [0.15, 0.2) is 42.6 Å². The highest BCUT2D eigenvalue weighted by atomic mass is 28.4. The molecule has 4 heterocycles. The first kappa shape index (κ1) is 38.9. The molecule has 2 aliphatic rings. The minimum absolute atomic E-state index is 0.0664. The molecule has 0 saturated carbocycles. The Morgan fingerprint density at radius 1 is 1.02 bits per heavy atom. The van der Waals surface area contributed by atoms with E-state index in [2.05, 4.69) is 78.0 Å². The molecule has 2 aromatic heterocycles. The van der Waals surface area contributed by atoms with E-state index in [-0.39, 0.29) is 51.5 Å². The SMILES string of the molecule is CC(O[Si](C)(C)C(C)(C)C)C(=O)c1nccc(-c2c(CCO[Si](C)(C)C(C)(C)C)cc3c(c2OC(F)F)[C@H]2C[C@@H](NC3=O)c3nc4ccccc4n32)n1. The number of halogens is 2. The summed E-state index contributed by atoms with van der Waals surface area (Å²) in [4.78, 5) is 41.7. The number of Topliss-reactive ketones (excluding diaryl/α,β-unsaturated/α-hetero) is 1. The molecule has 1 amide bonds. The molecule has 0 aliphatic carbocycles. The topological polar surface area (TPSA) is 117 Å². The Morgan fingerprint density at radius 2 is 1.70 bits per heavy atom. The van der Waals surface area contributed by atoms with Crippen LogP contribution in [0.5, 0.6) is 5.75 Å². The van der Waals surface area contributed by atoms with Gasteiger partial charge in [0.05, 0.1) is 28.8 Å². The van der Waals surface area contributed by atoms with E-state index >= 15 is 0 Å². The van der Waals surface area contributed by atoms with E-state index in [1.165, 1.54) is 6.20 Å². The van der Waals surface area contributed by atoms with E-state index in [1.54, 1.807) is 19.1 Å². The number of imidazole rings is 1. The lowest BCUT2D eigenvalue weighted by Gasteiger charge is -2.37. The number of carbonyl (C=O) groups excluding carboxylic acids is 2. The molecule has 284 valence electrons. The second kappa shape index (κ2) is 13.8. The Hall–Kier alpha value is -3.86. The van der Waals surface area contributed by atoms with E-state index in [9.17, 15) is 18.4 Å². The van der Waals surface area contributed by atoms with E-state index in [0.29, 0.717) is 23.4 Å². The first-order valence-electron chi connectivity index (χ1n) is 18.2. The summed E-state index contributed by atoms with van der Waals surface area (Å²) < 4.78 is 49.8. The van der Waals surface area contributed by atoms with Gasteiger partial charge in [0.25, 0.3) is 5.91 Å². The summed E-state index contributed by atoms with van der Waals surface area (Å²) in [6.45, 7) is 19.9. The highest BCUT2D eigenvalue weighted by Gasteiger charge is 2.45. The number of carbonyl (C=O) groups is 2. The lowest BCUT2D eigenvalue weighted by atomic mass is 9.89. The Kier molecular flexibility index (Phi) is 10.1. The Labute approximate surface area is 312 Å². The number of nitrogens with zero attached hydrogens (tertiary/aromatic N) is 4. The molecule has 1 unspecified atom stereocenters. The largest absolute Gasteiger partial charge is 0.434 e. The molecule has 2 bridgehead atoms. The molecule has 0 radical (unpaired) electrons. The third-order valence-electron chi connectivity index (χ3n) is 11.6. The predicted octanol–water partition coefficient (Wildman–Crippen LogP) is 9.03. The van der Waals surface area contributed by atoms with Gasteiger partial charge in [-0.1, -0.05) is 53.7 Å². The van der Waals surface area contributed by atoms with Gasteiger partial charge in [-0.05, 0) is 85.9 Å². The van der Waals surface area contributed by atoms with E-state index in [1.807, 2.05) is 28.8 Å². The number of hydrogen-bond acceptors (Lipinski definition) is 8. The molecule has 2 aromatic carbocycles. The van der Waals surface area contributed by atoms with Crippen LogP contribution in [-0.4, -0.2) is 67.2 Å². The molecule has 1 N–H and O–H groups in total. The van der Waals surface area contributed by atoms with Crippen LogP contribution in [0.4, 0.5) is 8.78 Å². The zero-order valence-corrected chi connectivity index (χ0v) is 34.6. The number of rotatable bonds is 11. The fraction of sp³-hybridized carbons (Fsp3) is 0.513. The monoisotopic (exact) mass is 763 g/mol. The quantitative estimate of drug-likeness (QED) is 0.119. The summed E-state index contributed by atoms with van der Waals surface area (Å²) >= 11 is 0. The summed E-state index contributed by atoms with van der Waals surface area (Å²) in [5.41, 5.74) is 3.13. The van der Waals surface area contributed by atoms with Crippen molar-refractivity contribution in [2.45, 2.75) is 122 Å². The van der Waals surface area contributed by atoms with E-state index < -0.39 is 53.1 Å². The van der Waals surface area contributed by atoms with Crippen molar-refractivity contribution in [3.63, 3.8) is 0 Å². The standard InChI is InChI=1S/C39H51F2N5O5Si2/c1-22(51-53(10,11)39(5,6)7)32(47)34-42-18-16-26(43-34)30-23(17-19-49-52(8,9)38(2,3)4)20-24-31(33(30)50-37(40)41)29-21-27(45-36(24)48)35-44-25-14-12-13-15-28(25)46(29)35/h12-16,18,20,22,27,29,37H,17,19,21H2,1-11H3,(H,45,48)/t22?,27-,29-/m1/s1. The van der Waals surface area contributed by atoms with Gasteiger partial charge >= 0.3 is 6.61 Å². The third-order valence-corrected chi connectivity index (χ3v) is 20.7. The summed E-state index contributed by atoms with van der Waals surface area (Å²) in [5.74, 6) is -0.431. The zero-order valence-electron chi connectivity index (χ0n) is 32.6. The summed E-state index contributed by atoms with van der Waals surface area (Å²) in [5, 5.41) is 2.90. The molecule has 3 atom stereocenters. The van der Waals surface area contributed by atoms with Crippen molar-refractivity contribution in [3.8, 4) is 17.0 Å². The minimum Gasteiger partial charge on any atom is -0.434 e. The molecule has 10 nitrogen and oxygen atoms in total. The van der Waals surface area contributed by atoms with Gasteiger partial charge in [-0.15, -0.1) is 0 Å². The average molecular weight is 764 g/mol. The van der Waals surface area contributed by atoms with Crippen LogP contribution in [0.3, 0.4) is 0 Å².